The molecule has 0 unspecified atom stereocenters. The van der Waals surface area contributed by atoms with Crippen molar-refractivity contribution in [2.45, 2.75) is 32.1 Å². The van der Waals surface area contributed by atoms with E-state index < -0.39 is 0 Å². The summed E-state index contributed by atoms with van der Waals surface area (Å²) in [5, 5.41) is 8.87. The SMILES string of the molecule is Cc1c(C(=O)N2CC[C@@H]3OCc4cnnn4[C@@H]3C2)[nH]c2ccc(F)cc12. The molecule has 26 heavy (non-hydrogen) atoms. The molecule has 1 fully saturated rings. The molecule has 2 atom stereocenters. The smallest absolute Gasteiger partial charge is 0.270 e. The predicted octanol–water partition coefficient (Wildman–Crippen LogP) is 2.19. The second-order valence-electron chi connectivity index (χ2n) is 6.94. The van der Waals surface area contributed by atoms with Crippen LogP contribution in [0.3, 0.4) is 0 Å². The number of carbonyl (C=O) groups is 1. The zero-order chi connectivity index (χ0) is 17.8. The molecule has 2 aliphatic heterocycles. The van der Waals surface area contributed by atoms with Gasteiger partial charge in [-0.05, 0) is 37.1 Å². The van der Waals surface area contributed by atoms with Crippen LogP contribution < -0.4 is 0 Å². The van der Waals surface area contributed by atoms with Gasteiger partial charge in [-0.3, -0.25) is 4.79 Å². The van der Waals surface area contributed by atoms with Gasteiger partial charge in [-0.1, -0.05) is 5.21 Å². The molecule has 134 valence electrons. The zero-order valence-electron chi connectivity index (χ0n) is 14.3. The summed E-state index contributed by atoms with van der Waals surface area (Å²) >= 11 is 0. The molecule has 0 aliphatic carbocycles. The molecule has 5 rings (SSSR count). The largest absolute Gasteiger partial charge is 0.370 e. The van der Waals surface area contributed by atoms with Gasteiger partial charge in [0.25, 0.3) is 5.91 Å². The van der Waals surface area contributed by atoms with Crippen molar-refractivity contribution >= 4 is 16.8 Å². The minimum atomic E-state index is -0.308. The Kier molecular flexibility index (Phi) is 3.36. The van der Waals surface area contributed by atoms with E-state index in [1.165, 1.54) is 12.1 Å². The van der Waals surface area contributed by atoms with Crippen LogP contribution in [0.5, 0.6) is 0 Å². The van der Waals surface area contributed by atoms with Crippen LogP contribution in [0.2, 0.25) is 0 Å². The maximum atomic E-state index is 13.5. The third kappa shape index (κ3) is 2.25. The molecule has 2 aromatic heterocycles. The monoisotopic (exact) mass is 355 g/mol. The number of likely N-dealkylation sites (tertiary alicyclic amines) is 1. The van der Waals surface area contributed by atoms with E-state index >= 15 is 0 Å². The first-order chi connectivity index (χ1) is 12.6. The molecule has 1 amide bonds. The number of amides is 1. The highest BCUT2D eigenvalue weighted by atomic mass is 19.1. The minimum absolute atomic E-state index is 0.0268. The minimum Gasteiger partial charge on any atom is -0.370 e. The third-order valence-corrected chi connectivity index (χ3v) is 5.45. The van der Waals surface area contributed by atoms with E-state index in [0.717, 1.165) is 28.6 Å². The summed E-state index contributed by atoms with van der Waals surface area (Å²) in [5.41, 5.74) is 2.98. The number of aryl methyl sites for hydroxylation is 1. The number of hydrogen-bond acceptors (Lipinski definition) is 4. The van der Waals surface area contributed by atoms with E-state index in [9.17, 15) is 9.18 Å². The van der Waals surface area contributed by atoms with E-state index in [-0.39, 0.29) is 23.9 Å². The number of benzene rings is 1. The lowest BCUT2D eigenvalue weighted by molar-refractivity contribution is -0.0605. The van der Waals surface area contributed by atoms with Gasteiger partial charge >= 0.3 is 0 Å². The molecule has 4 heterocycles. The number of rotatable bonds is 1. The standard InChI is InChI=1S/C18H18FN5O2/c1-10-13-6-11(19)2-3-14(13)21-17(10)18(25)23-5-4-16-15(8-23)24-12(9-26-16)7-20-22-24/h2-3,6-7,15-16,21H,4-5,8-9H2,1H3/t15-,16+/m1/s1. The van der Waals surface area contributed by atoms with Crippen molar-refractivity contribution < 1.29 is 13.9 Å². The normalized spacial score (nSPS) is 22.3. The number of halogens is 1. The fourth-order valence-electron chi connectivity index (χ4n) is 4.03. The van der Waals surface area contributed by atoms with E-state index in [1.54, 1.807) is 12.3 Å². The Hall–Kier alpha value is -2.74. The van der Waals surface area contributed by atoms with Crippen LogP contribution in [0.1, 0.15) is 34.2 Å². The Bertz CT molecular complexity index is 1010. The number of aromatic nitrogens is 4. The van der Waals surface area contributed by atoms with Crippen molar-refractivity contribution in [3.63, 3.8) is 0 Å². The van der Waals surface area contributed by atoms with Crippen LogP contribution in [0.4, 0.5) is 4.39 Å². The van der Waals surface area contributed by atoms with Gasteiger partial charge in [-0.15, -0.1) is 5.10 Å². The first-order valence-corrected chi connectivity index (χ1v) is 8.69. The summed E-state index contributed by atoms with van der Waals surface area (Å²) in [4.78, 5) is 18.1. The number of H-pyrrole nitrogens is 1. The molecule has 0 bridgehead atoms. The van der Waals surface area contributed by atoms with E-state index in [1.807, 2.05) is 16.5 Å². The first kappa shape index (κ1) is 15.5. The third-order valence-electron chi connectivity index (χ3n) is 5.45. The average Bonchev–Trinajstić information content (AvgIpc) is 3.26. The second-order valence-corrected chi connectivity index (χ2v) is 6.94. The van der Waals surface area contributed by atoms with E-state index in [4.69, 9.17) is 4.74 Å². The molecule has 0 saturated carbocycles. The lowest BCUT2D eigenvalue weighted by atomic mass is 10.00. The van der Waals surface area contributed by atoms with Crippen molar-refractivity contribution in [3.05, 3.63) is 47.2 Å². The van der Waals surface area contributed by atoms with Gasteiger partial charge < -0.3 is 14.6 Å². The van der Waals surface area contributed by atoms with Gasteiger partial charge in [0, 0.05) is 24.0 Å². The molecular weight excluding hydrogens is 337 g/mol. The molecule has 3 aromatic rings. The Morgan fingerprint density at radius 1 is 1.42 bits per heavy atom. The topological polar surface area (TPSA) is 76.0 Å². The maximum Gasteiger partial charge on any atom is 0.270 e. The van der Waals surface area contributed by atoms with Crippen LogP contribution in [-0.4, -0.2) is 50.0 Å². The van der Waals surface area contributed by atoms with Crippen LogP contribution in [-0.2, 0) is 11.3 Å². The highest BCUT2D eigenvalue weighted by molar-refractivity contribution is 6.01. The number of hydrogen-bond donors (Lipinski definition) is 1. The first-order valence-electron chi connectivity index (χ1n) is 8.69. The Labute approximate surface area is 148 Å². The van der Waals surface area contributed by atoms with Crippen LogP contribution in [0, 0.1) is 12.7 Å². The van der Waals surface area contributed by atoms with Gasteiger partial charge in [0.05, 0.1) is 30.6 Å². The van der Waals surface area contributed by atoms with Crippen molar-refractivity contribution in [1.29, 1.82) is 0 Å². The summed E-state index contributed by atoms with van der Waals surface area (Å²) in [7, 11) is 0. The predicted molar refractivity (Wildman–Crippen MR) is 91.2 cm³/mol. The summed E-state index contributed by atoms with van der Waals surface area (Å²) < 4.78 is 21.3. The molecular formula is C18H18FN5O2. The summed E-state index contributed by atoms with van der Waals surface area (Å²) in [5.74, 6) is -0.387. The van der Waals surface area contributed by atoms with E-state index in [0.29, 0.717) is 25.4 Å². The highest BCUT2D eigenvalue weighted by Crippen LogP contribution is 2.31. The number of ether oxygens (including phenoxy) is 1. The van der Waals surface area contributed by atoms with Gasteiger partial charge in [-0.25, -0.2) is 9.07 Å². The summed E-state index contributed by atoms with van der Waals surface area (Å²) in [6, 6.07) is 4.49. The Balaban J connectivity index is 1.46. The van der Waals surface area contributed by atoms with Crippen molar-refractivity contribution in [1.82, 2.24) is 24.9 Å². The molecule has 0 spiro atoms. The summed E-state index contributed by atoms with van der Waals surface area (Å²) in [6.07, 6.45) is 2.50. The van der Waals surface area contributed by atoms with Gasteiger partial charge in [0.15, 0.2) is 0 Å². The number of fused-ring (bicyclic) bond motifs is 4. The Morgan fingerprint density at radius 3 is 3.19 bits per heavy atom. The molecule has 7 nitrogen and oxygen atoms in total. The van der Waals surface area contributed by atoms with Crippen LogP contribution in [0.25, 0.3) is 10.9 Å². The number of nitrogens with one attached hydrogen (secondary N) is 1. The molecule has 8 heteroatoms. The van der Waals surface area contributed by atoms with Crippen molar-refractivity contribution in [2.24, 2.45) is 0 Å². The van der Waals surface area contributed by atoms with Crippen LogP contribution in [0.15, 0.2) is 24.4 Å². The molecule has 1 aromatic carbocycles. The summed E-state index contributed by atoms with van der Waals surface area (Å²) in [6.45, 7) is 3.49. The van der Waals surface area contributed by atoms with Crippen LogP contribution >= 0.6 is 0 Å². The molecule has 1 saturated heterocycles. The molecule has 0 radical (unpaired) electrons. The number of nitrogens with zero attached hydrogens (tertiary/aromatic N) is 4. The molecule has 1 N–H and O–H groups in total. The maximum absolute atomic E-state index is 13.5. The van der Waals surface area contributed by atoms with E-state index in [2.05, 4.69) is 15.3 Å². The quantitative estimate of drug-likeness (QED) is 0.726. The lowest BCUT2D eigenvalue weighted by Crippen LogP contribution is -2.50. The van der Waals surface area contributed by atoms with Gasteiger partial charge in [0.1, 0.15) is 11.5 Å². The Morgan fingerprint density at radius 2 is 2.31 bits per heavy atom. The average molecular weight is 355 g/mol. The van der Waals surface area contributed by atoms with Crippen molar-refractivity contribution in [2.75, 3.05) is 13.1 Å². The van der Waals surface area contributed by atoms with Gasteiger partial charge in [-0.2, -0.15) is 0 Å². The fourth-order valence-corrected chi connectivity index (χ4v) is 4.03. The number of aromatic amines is 1. The lowest BCUT2D eigenvalue weighted by Gasteiger charge is -2.40. The second kappa shape index (κ2) is 5.63. The molecule has 2 aliphatic rings. The van der Waals surface area contributed by atoms with Gasteiger partial charge in [0.2, 0.25) is 0 Å². The van der Waals surface area contributed by atoms with Crippen molar-refractivity contribution in [3.8, 4) is 0 Å². The fraction of sp³-hybridized carbons (Fsp3) is 0.389. The zero-order valence-corrected chi connectivity index (χ0v) is 14.3. The highest BCUT2D eigenvalue weighted by Gasteiger charge is 2.38. The number of piperidine rings is 1. The number of carbonyl (C=O) groups excluding carboxylic acids is 1.